The Morgan fingerprint density at radius 3 is 3.32 bits per heavy atom. The van der Waals surface area contributed by atoms with E-state index in [9.17, 15) is 0 Å². The number of hydrogen-bond donors (Lipinski definition) is 1. The first kappa shape index (κ1) is 12.2. The van der Waals surface area contributed by atoms with Crippen molar-refractivity contribution in [3.63, 3.8) is 0 Å². The number of nitrogens with zero attached hydrogens (tertiary/aromatic N) is 3. The Labute approximate surface area is 116 Å². The number of aliphatic imine (C=N–C) groups is 2. The van der Waals surface area contributed by atoms with Gasteiger partial charge in [0.05, 0.1) is 0 Å². The summed E-state index contributed by atoms with van der Waals surface area (Å²) >= 11 is 1.50. The molecule has 0 spiro atoms. The van der Waals surface area contributed by atoms with Crippen LogP contribution in [0.3, 0.4) is 0 Å². The van der Waals surface area contributed by atoms with E-state index in [4.69, 9.17) is 4.74 Å². The summed E-state index contributed by atoms with van der Waals surface area (Å²) in [6.07, 6.45) is 9.41. The molecule has 2 aliphatic rings. The molecule has 6 heteroatoms. The summed E-state index contributed by atoms with van der Waals surface area (Å²) in [5, 5.41) is 0. The van der Waals surface area contributed by atoms with E-state index >= 15 is 0 Å². The SMILES string of the molecule is CSNc1cc(C2=NC3=NC=CCCC3O2)ccn1. The molecule has 0 aromatic carbocycles. The second kappa shape index (κ2) is 5.44. The third kappa shape index (κ3) is 2.63. The molecule has 0 radical (unpaired) electrons. The highest BCUT2D eigenvalue weighted by Crippen LogP contribution is 2.21. The lowest BCUT2D eigenvalue weighted by Crippen LogP contribution is -2.17. The summed E-state index contributed by atoms with van der Waals surface area (Å²) in [6, 6.07) is 3.82. The van der Waals surface area contributed by atoms with Crippen molar-refractivity contribution in [1.82, 2.24) is 4.98 Å². The molecule has 3 rings (SSSR count). The zero-order valence-electron chi connectivity index (χ0n) is 10.5. The number of nitrogens with one attached hydrogen (secondary N) is 1. The highest BCUT2D eigenvalue weighted by Gasteiger charge is 2.27. The third-order valence-corrected chi connectivity index (χ3v) is 3.29. The molecule has 0 saturated carbocycles. The lowest BCUT2D eigenvalue weighted by Gasteiger charge is -2.09. The normalized spacial score (nSPS) is 21.0. The summed E-state index contributed by atoms with van der Waals surface area (Å²) in [5.74, 6) is 2.19. The van der Waals surface area contributed by atoms with Crippen LogP contribution >= 0.6 is 11.9 Å². The topological polar surface area (TPSA) is 58.9 Å². The predicted octanol–water partition coefficient (Wildman–Crippen LogP) is 2.62. The van der Waals surface area contributed by atoms with E-state index < -0.39 is 0 Å². The number of fused-ring (bicyclic) bond motifs is 1. The van der Waals surface area contributed by atoms with Gasteiger partial charge in [0.25, 0.3) is 0 Å². The molecule has 1 atom stereocenters. The maximum Gasteiger partial charge on any atom is 0.223 e. The van der Waals surface area contributed by atoms with E-state index in [1.165, 1.54) is 11.9 Å². The molecule has 0 fully saturated rings. The molecule has 1 N–H and O–H groups in total. The number of allylic oxidation sites excluding steroid dienone is 1. The second-order valence-corrected chi connectivity index (χ2v) is 4.82. The predicted molar refractivity (Wildman–Crippen MR) is 78.6 cm³/mol. The van der Waals surface area contributed by atoms with Gasteiger partial charge in [-0.25, -0.2) is 9.98 Å². The van der Waals surface area contributed by atoms with Crippen molar-refractivity contribution in [3.8, 4) is 0 Å². The average Bonchev–Trinajstić information content (AvgIpc) is 2.71. The Morgan fingerprint density at radius 2 is 2.42 bits per heavy atom. The Kier molecular flexibility index (Phi) is 3.50. The minimum absolute atomic E-state index is 0.0184. The zero-order chi connectivity index (χ0) is 13.1. The zero-order valence-corrected chi connectivity index (χ0v) is 11.4. The lowest BCUT2D eigenvalue weighted by molar-refractivity contribution is 0.259. The minimum Gasteiger partial charge on any atom is -0.466 e. The van der Waals surface area contributed by atoms with Gasteiger partial charge < -0.3 is 9.46 Å². The summed E-state index contributed by atoms with van der Waals surface area (Å²) in [5.41, 5.74) is 0.923. The van der Waals surface area contributed by atoms with Crippen LogP contribution in [0.1, 0.15) is 18.4 Å². The van der Waals surface area contributed by atoms with Crippen LogP contribution in [0.2, 0.25) is 0 Å². The molecular weight excluding hydrogens is 260 g/mol. The molecule has 2 aliphatic heterocycles. The van der Waals surface area contributed by atoms with Crippen LogP contribution in [0.15, 0.2) is 40.6 Å². The van der Waals surface area contributed by atoms with Gasteiger partial charge in [-0.05, 0) is 25.0 Å². The van der Waals surface area contributed by atoms with Crippen LogP contribution in [0, 0.1) is 0 Å². The molecule has 1 unspecified atom stereocenters. The maximum atomic E-state index is 5.88. The number of anilines is 1. The summed E-state index contributed by atoms with van der Waals surface area (Å²) in [7, 11) is 0. The van der Waals surface area contributed by atoms with Crippen molar-refractivity contribution in [1.29, 1.82) is 0 Å². The molecule has 0 aliphatic carbocycles. The molecule has 3 heterocycles. The van der Waals surface area contributed by atoms with E-state index in [2.05, 4.69) is 19.7 Å². The highest BCUT2D eigenvalue weighted by atomic mass is 32.2. The standard InChI is InChI=1S/C13H14N4OS/c1-19-17-11-8-9(5-7-14-11)13-16-12-10(18-13)4-2-3-6-15-12/h3,5-8,10H,2,4H2,1H3,(H,14,17). The van der Waals surface area contributed by atoms with Crippen LogP contribution in [-0.4, -0.2) is 29.1 Å². The van der Waals surface area contributed by atoms with Gasteiger partial charge in [0.2, 0.25) is 5.90 Å². The molecule has 1 aromatic rings. The Bertz CT molecular complexity index is 568. The molecular formula is C13H14N4OS. The molecule has 19 heavy (non-hydrogen) atoms. The monoisotopic (exact) mass is 274 g/mol. The summed E-state index contributed by atoms with van der Waals surface area (Å²) < 4.78 is 8.98. The Balaban J connectivity index is 1.87. The lowest BCUT2D eigenvalue weighted by atomic mass is 10.2. The van der Waals surface area contributed by atoms with Gasteiger partial charge in [-0.15, -0.1) is 0 Å². The number of ether oxygens (including phenoxy) is 1. The highest BCUT2D eigenvalue weighted by molar-refractivity contribution is 7.99. The van der Waals surface area contributed by atoms with Crippen LogP contribution in [0.5, 0.6) is 0 Å². The fourth-order valence-electron chi connectivity index (χ4n) is 2.00. The van der Waals surface area contributed by atoms with Crippen molar-refractivity contribution < 1.29 is 4.74 Å². The fourth-order valence-corrected chi connectivity index (χ4v) is 2.32. The van der Waals surface area contributed by atoms with Crippen molar-refractivity contribution in [2.45, 2.75) is 18.9 Å². The maximum absolute atomic E-state index is 5.88. The minimum atomic E-state index is -0.0184. The quantitative estimate of drug-likeness (QED) is 0.861. The van der Waals surface area contributed by atoms with E-state index in [-0.39, 0.29) is 6.10 Å². The molecule has 98 valence electrons. The van der Waals surface area contributed by atoms with Crippen LogP contribution < -0.4 is 4.72 Å². The molecule has 1 aromatic heterocycles. The van der Waals surface area contributed by atoms with E-state index in [0.717, 1.165) is 30.1 Å². The molecule has 0 amide bonds. The Morgan fingerprint density at radius 1 is 1.47 bits per heavy atom. The largest absolute Gasteiger partial charge is 0.466 e. The van der Waals surface area contributed by atoms with Crippen molar-refractivity contribution >= 4 is 29.5 Å². The first-order valence-corrected chi connectivity index (χ1v) is 7.33. The molecule has 0 saturated heterocycles. The fraction of sp³-hybridized carbons (Fsp3) is 0.308. The van der Waals surface area contributed by atoms with Crippen LogP contribution in [0.4, 0.5) is 5.82 Å². The summed E-state index contributed by atoms with van der Waals surface area (Å²) in [4.78, 5) is 13.0. The smallest absolute Gasteiger partial charge is 0.223 e. The average molecular weight is 274 g/mol. The molecule has 5 nitrogen and oxygen atoms in total. The van der Waals surface area contributed by atoms with Gasteiger partial charge in [0.15, 0.2) is 11.9 Å². The number of rotatable bonds is 3. The van der Waals surface area contributed by atoms with E-state index in [1.54, 1.807) is 12.4 Å². The second-order valence-electron chi connectivity index (χ2n) is 4.21. The van der Waals surface area contributed by atoms with Gasteiger partial charge in [-0.1, -0.05) is 18.0 Å². The van der Waals surface area contributed by atoms with Gasteiger partial charge >= 0.3 is 0 Å². The van der Waals surface area contributed by atoms with Crippen molar-refractivity contribution in [2.75, 3.05) is 11.0 Å². The number of amidine groups is 1. The van der Waals surface area contributed by atoms with Crippen molar-refractivity contribution in [2.24, 2.45) is 9.98 Å². The first-order chi connectivity index (χ1) is 9.36. The number of hydrogen-bond acceptors (Lipinski definition) is 6. The van der Waals surface area contributed by atoms with Gasteiger partial charge in [0, 0.05) is 24.2 Å². The van der Waals surface area contributed by atoms with Gasteiger partial charge in [-0.3, -0.25) is 0 Å². The van der Waals surface area contributed by atoms with E-state index in [0.29, 0.717) is 5.90 Å². The number of pyridine rings is 1. The van der Waals surface area contributed by atoms with Crippen LogP contribution in [0.25, 0.3) is 0 Å². The molecule has 0 bridgehead atoms. The van der Waals surface area contributed by atoms with Crippen LogP contribution in [-0.2, 0) is 4.74 Å². The van der Waals surface area contributed by atoms with E-state index in [1.807, 2.05) is 24.5 Å². The number of aromatic nitrogens is 1. The third-order valence-electron chi connectivity index (χ3n) is 2.88. The van der Waals surface area contributed by atoms with Gasteiger partial charge in [-0.2, -0.15) is 4.99 Å². The summed E-state index contributed by atoms with van der Waals surface area (Å²) in [6.45, 7) is 0. The Hall–Kier alpha value is -1.82. The first-order valence-electron chi connectivity index (χ1n) is 6.10. The van der Waals surface area contributed by atoms with Gasteiger partial charge in [0.1, 0.15) is 5.82 Å². The van der Waals surface area contributed by atoms with Crippen molar-refractivity contribution in [3.05, 3.63) is 36.2 Å².